The number of rotatable bonds is 10. The fourth-order valence-electron chi connectivity index (χ4n) is 7.07. The number of phenolic OH excluding ortho intramolecular Hbond substituents is 1. The molecule has 6 amide bonds. The lowest BCUT2D eigenvalue weighted by atomic mass is 10.0. The van der Waals surface area contributed by atoms with Crippen molar-refractivity contribution in [2.24, 2.45) is 16.5 Å². The Balaban J connectivity index is 1.32. The largest absolute Gasteiger partial charge is 0.508 e. The van der Waals surface area contributed by atoms with E-state index in [1.807, 2.05) is 48.5 Å². The van der Waals surface area contributed by atoms with Gasteiger partial charge < -0.3 is 58.4 Å². The first-order valence-corrected chi connectivity index (χ1v) is 19.6. The van der Waals surface area contributed by atoms with Gasteiger partial charge in [-0.15, -0.1) is 0 Å². The number of benzene rings is 3. The maximum Gasteiger partial charge on any atom is 0.243 e. The molecule has 1 fully saturated rings. The number of guanidine groups is 1. The number of nitrogens with zero attached hydrogens (tertiary/aromatic N) is 1. The van der Waals surface area contributed by atoms with Gasteiger partial charge in [0.15, 0.2) is 5.96 Å². The molecule has 314 valence electrons. The van der Waals surface area contributed by atoms with E-state index >= 15 is 0 Å². The molecule has 60 heavy (non-hydrogen) atoms. The number of aliphatic imine (C=N–C) groups is 1. The van der Waals surface area contributed by atoms with Crippen LogP contribution in [0.5, 0.6) is 5.75 Å². The molecule has 5 unspecified atom stereocenters. The number of aromatic hydroxyl groups is 1. The molecule has 18 nitrogen and oxygen atoms in total. The number of carbonyl (C=O) groups excluding carboxylic acids is 6. The molecule has 0 radical (unpaired) electrons. The minimum absolute atomic E-state index is 0.000162. The van der Waals surface area contributed by atoms with Gasteiger partial charge in [0.1, 0.15) is 36.0 Å². The SMILES string of the molecule is CC1NC(=O)C(Cc2c[nH]c3ccccc23)NC(=O)C(Cc2ccc(O)cc2)NC(=O)CNC(=O)C(Cc2c[nH]c3ccccc23)NC(=O)C(CCCN=C(N)N)NC1=O. The first kappa shape index (κ1) is 42.2. The van der Waals surface area contributed by atoms with Gasteiger partial charge in [-0.2, -0.15) is 0 Å². The monoisotopic (exact) mass is 819 g/mol. The average molecular weight is 820 g/mol. The Bertz CT molecular complexity index is 2390. The summed E-state index contributed by atoms with van der Waals surface area (Å²) in [6, 6.07) is 14.8. The number of carbonyl (C=O) groups is 6. The van der Waals surface area contributed by atoms with E-state index in [2.05, 4.69) is 46.9 Å². The number of aromatic nitrogens is 2. The standard InChI is InChI=1S/C42H49N11O7/c1-23-37(56)51-32(11-6-16-45-42(43)44)39(58)52-34(18-25-20-46-30-9-4-2-7-28(25)30)38(57)48-22-36(55)50-33(17-24-12-14-27(54)15-13-24)41(60)53-35(40(59)49-23)19-26-21-47-31-10-5-3-8-29(26)31/h2-5,7-10,12-15,20-21,23,32-35,46-47,54H,6,11,16-19,22H2,1H3,(H,48,57)(H,49,59)(H,50,55)(H,51,56)(H,52,58)(H,53,60)(H4,43,44,45). The highest BCUT2D eigenvalue weighted by Crippen LogP contribution is 2.21. The summed E-state index contributed by atoms with van der Waals surface area (Å²) >= 11 is 0. The second-order valence-electron chi connectivity index (χ2n) is 14.7. The van der Waals surface area contributed by atoms with Crippen LogP contribution in [0.1, 0.15) is 36.5 Å². The summed E-state index contributed by atoms with van der Waals surface area (Å²) in [6.07, 6.45) is 3.73. The number of hydrogen-bond acceptors (Lipinski definition) is 8. The summed E-state index contributed by atoms with van der Waals surface area (Å²) in [5, 5.41) is 27.7. The number of aromatic amines is 2. The predicted molar refractivity (Wildman–Crippen MR) is 224 cm³/mol. The Morgan fingerprint density at radius 1 is 0.633 bits per heavy atom. The molecule has 13 N–H and O–H groups in total. The van der Waals surface area contributed by atoms with Gasteiger partial charge in [-0.3, -0.25) is 33.8 Å². The topological polar surface area (TPSA) is 291 Å². The molecule has 0 spiro atoms. The van der Waals surface area contributed by atoms with Crippen molar-refractivity contribution in [3.63, 3.8) is 0 Å². The zero-order valence-electron chi connectivity index (χ0n) is 32.9. The van der Waals surface area contributed by atoms with Crippen LogP contribution in [-0.2, 0) is 48.0 Å². The lowest BCUT2D eigenvalue weighted by Gasteiger charge is -2.27. The highest BCUT2D eigenvalue weighted by Gasteiger charge is 2.33. The van der Waals surface area contributed by atoms with Gasteiger partial charge in [-0.25, -0.2) is 0 Å². The van der Waals surface area contributed by atoms with E-state index in [4.69, 9.17) is 11.5 Å². The minimum Gasteiger partial charge on any atom is -0.508 e. The molecule has 3 heterocycles. The Labute approximate surface area is 344 Å². The predicted octanol–water partition coefficient (Wildman–Crippen LogP) is 0.0100. The maximum absolute atomic E-state index is 14.2. The molecule has 0 bridgehead atoms. The zero-order valence-corrected chi connectivity index (χ0v) is 32.9. The number of nitrogens with two attached hydrogens (primary N) is 2. The van der Waals surface area contributed by atoms with Crippen molar-refractivity contribution in [3.05, 3.63) is 102 Å². The third kappa shape index (κ3) is 11.0. The second-order valence-corrected chi connectivity index (χ2v) is 14.7. The van der Waals surface area contributed by atoms with Crippen LogP contribution >= 0.6 is 0 Å². The van der Waals surface area contributed by atoms with Crippen LogP contribution in [0.3, 0.4) is 0 Å². The molecular formula is C42H49N11O7. The molecule has 2 aromatic heterocycles. The van der Waals surface area contributed by atoms with Crippen molar-refractivity contribution >= 4 is 63.2 Å². The Kier molecular flexibility index (Phi) is 13.6. The van der Waals surface area contributed by atoms with Gasteiger partial charge in [0.2, 0.25) is 35.4 Å². The molecule has 0 aliphatic carbocycles. The van der Waals surface area contributed by atoms with E-state index in [1.54, 1.807) is 24.5 Å². The minimum atomic E-state index is -1.25. The van der Waals surface area contributed by atoms with Gasteiger partial charge in [0, 0.05) is 60.0 Å². The van der Waals surface area contributed by atoms with Crippen molar-refractivity contribution in [3.8, 4) is 5.75 Å². The molecule has 3 aromatic carbocycles. The summed E-state index contributed by atoms with van der Waals surface area (Å²) in [5.74, 6) is -4.40. The van der Waals surface area contributed by atoms with E-state index < -0.39 is 72.2 Å². The summed E-state index contributed by atoms with van der Waals surface area (Å²) in [4.78, 5) is 93.8. The van der Waals surface area contributed by atoms with Gasteiger partial charge in [-0.1, -0.05) is 48.5 Å². The summed E-state index contributed by atoms with van der Waals surface area (Å²) in [6.45, 7) is 1.01. The Morgan fingerprint density at radius 2 is 1.15 bits per heavy atom. The molecule has 6 rings (SSSR count). The van der Waals surface area contributed by atoms with Crippen LogP contribution in [0.4, 0.5) is 0 Å². The van der Waals surface area contributed by atoms with Crippen LogP contribution in [0, 0.1) is 0 Å². The van der Waals surface area contributed by atoms with Crippen molar-refractivity contribution in [2.45, 2.75) is 69.2 Å². The molecule has 1 aliphatic heterocycles. The number of nitrogens with one attached hydrogen (secondary N) is 8. The van der Waals surface area contributed by atoms with E-state index in [0.717, 1.165) is 21.8 Å². The summed E-state index contributed by atoms with van der Waals surface area (Å²) < 4.78 is 0. The van der Waals surface area contributed by atoms with Crippen molar-refractivity contribution in [1.29, 1.82) is 0 Å². The third-order valence-corrected chi connectivity index (χ3v) is 10.2. The molecule has 5 aromatic rings. The van der Waals surface area contributed by atoms with Gasteiger partial charge in [-0.05, 0) is 60.7 Å². The van der Waals surface area contributed by atoms with Crippen LogP contribution in [0.25, 0.3) is 21.8 Å². The average Bonchev–Trinajstić information content (AvgIpc) is 3.84. The molecular weight excluding hydrogens is 771 g/mol. The quantitative estimate of drug-likeness (QED) is 0.0514. The molecule has 5 atom stereocenters. The fourth-order valence-corrected chi connectivity index (χ4v) is 7.07. The number of para-hydroxylation sites is 2. The first-order chi connectivity index (χ1) is 28.8. The normalized spacial score (nSPS) is 21.1. The summed E-state index contributed by atoms with van der Waals surface area (Å²) in [5.41, 5.74) is 14.6. The lowest BCUT2D eigenvalue weighted by Crippen LogP contribution is -2.60. The van der Waals surface area contributed by atoms with Crippen LogP contribution in [0.2, 0.25) is 0 Å². The number of phenols is 1. The molecule has 0 saturated carbocycles. The Hall–Kier alpha value is -7.37. The molecule has 18 heteroatoms. The summed E-state index contributed by atoms with van der Waals surface area (Å²) in [7, 11) is 0. The lowest BCUT2D eigenvalue weighted by molar-refractivity contribution is -0.135. The van der Waals surface area contributed by atoms with Crippen LogP contribution in [-0.4, -0.2) is 99.8 Å². The van der Waals surface area contributed by atoms with E-state index in [-0.39, 0.29) is 50.4 Å². The van der Waals surface area contributed by atoms with E-state index in [0.29, 0.717) is 16.7 Å². The van der Waals surface area contributed by atoms with Crippen molar-refractivity contribution < 1.29 is 33.9 Å². The molecule has 1 aliphatic rings. The first-order valence-electron chi connectivity index (χ1n) is 19.6. The van der Waals surface area contributed by atoms with Gasteiger partial charge in [0.25, 0.3) is 0 Å². The maximum atomic E-state index is 14.2. The third-order valence-electron chi connectivity index (χ3n) is 10.2. The highest BCUT2D eigenvalue weighted by atomic mass is 16.3. The highest BCUT2D eigenvalue weighted by molar-refractivity contribution is 5.98. The number of hydrogen-bond donors (Lipinski definition) is 11. The number of fused-ring (bicyclic) bond motifs is 2. The van der Waals surface area contributed by atoms with E-state index in [9.17, 15) is 33.9 Å². The smallest absolute Gasteiger partial charge is 0.243 e. The second kappa shape index (κ2) is 19.4. The molecule has 1 saturated heterocycles. The van der Waals surface area contributed by atoms with Crippen molar-refractivity contribution in [1.82, 2.24) is 41.9 Å². The van der Waals surface area contributed by atoms with Gasteiger partial charge in [0.05, 0.1) is 6.54 Å². The van der Waals surface area contributed by atoms with Crippen LogP contribution in [0.15, 0.2) is 90.2 Å². The number of amides is 6. The Morgan fingerprint density at radius 3 is 1.75 bits per heavy atom. The van der Waals surface area contributed by atoms with E-state index in [1.165, 1.54) is 19.1 Å². The van der Waals surface area contributed by atoms with Gasteiger partial charge >= 0.3 is 0 Å². The number of H-pyrrole nitrogens is 2. The van der Waals surface area contributed by atoms with Crippen molar-refractivity contribution in [2.75, 3.05) is 13.1 Å². The zero-order chi connectivity index (χ0) is 42.8. The van der Waals surface area contributed by atoms with Crippen LogP contribution < -0.4 is 43.4 Å². The fraction of sp³-hybridized carbons (Fsp3) is 0.310.